The van der Waals surface area contributed by atoms with Crippen LogP contribution in [0.2, 0.25) is 10.0 Å². The van der Waals surface area contributed by atoms with Crippen LogP contribution in [0.15, 0.2) is 18.2 Å². The zero-order valence-electron chi connectivity index (χ0n) is 7.17. The molecule has 0 spiro atoms. The molecule has 1 aromatic rings. The number of benzene rings is 1. The number of aliphatic hydroxyl groups excluding tert-OH is 1. The van der Waals surface area contributed by atoms with Crippen molar-refractivity contribution in [3.8, 4) is 0 Å². The summed E-state index contributed by atoms with van der Waals surface area (Å²) in [6, 6.07) is 4.57. The fraction of sp³-hybridized carbons (Fsp3) is 0.333. The zero-order chi connectivity index (χ0) is 10.0. The predicted molar refractivity (Wildman–Crippen MR) is 55.1 cm³/mol. The number of aliphatic hydroxyl groups is 1. The Morgan fingerprint density at radius 2 is 2.00 bits per heavy atom. The Morgan fingerprint density at radius 1 is 1.38 bits per heavy atom. The first-order valence-corrected chi connectivity index (χ1v) is 4.66. The summed E-state index contributed by atoms with van der Waals surface area (Å²) in [5, 5.41) is 10.7. The van der Waals surface area contributed by atoms with Gasteiger partial charge in [0.1, 0.15) is 0 Å². The molecule has 0 fully saturated rings. The van der Waals surface area contributed by atoms with Crippen molar-refractivity contribution in [3.63, 3.8) is 0 Å². The first kappa shape index (κ1) is 10.8. The molecule has 4 heteroatoms. The molecule has 0 radical (unpaired) electrons. The molecule has 0 unspecified atom stereocenters. The summed E-state index contributed by atoms with van der Waals surface area (Å²) in [6.45, 7) is 1.71. The van der Waals surface area contributed by atoms with Crippen molar-refractivity contribution in [2.24, 2.45) is 5.73 Å². The smallest absolute Gasteiger partial charge is 0.0953 e. The lowest BCUT2D eigenvalue weighted by molar-refractivity contribution is 0.153. The Labute approximate surface area is 87.3 Å². The molecule has 0 heterocycles. The standard InChI is InChI=1S/C9H11Cl2NO/c1-5(12)9(13)7-4-6(10)2-3-8(7)11/h2-5,9,13H,12H2,1H3/t5-,9-/m0/s1. The molecule has 72 valence electrons. The summed E-state index contributed by atoms with van der Waals surface area (Å²) in [5.41, 5.74) is 6.11. The highest BCUT2D eigenvalue weighted by atomic mass is 35.5. The highest BCUT2D eigenvalue weighted by Gasteiger charge is 2.15. The molecule has 1 aromatic carbocycles. The number of rotatable bonds is 2. The second kappa shape index (κ2) is 4.29. The van der Waals surface area contributed by atoms with Gasteiger partial charge in [-0.05, 0) is 25.1 Å². The molecule has 1 rings (SSSR count). The summed E-state index contributed by atoms with van der Waals surface area (Å²) < 4.78 is 0. The normalized spacial score (nSPS) is 15.5. The number of hydrogen-bond acceptors (Lipinski definition) is 2. The van der Waals surface area contributed by atoms with Crippen molar-refractivity contribution >= 4 is 23.2 Å². The van der Waals surface area contributed by atoms with Crippen molar-refractivity contribution in [2.75, 3.05) is 0 Å². The second-order valence-electron chi connectivity index (χ2n) is 2.97. The van der Waals surface area contributed by atoms with E-state index in [0.29, 0.717) is 15.6 Å². The van der Waals surface area contributed by atoms with E-state index in [4.69, 9.17) is 28.9 Å². The van der Waals surface area contributed by atoms with E-state index >= 15 is 0 Å². The van der Waals surface area contributed by atoms with E-state index in [0.717, 1.165) is 0 Å². The molecule has 0 aliphatic rings. The minimum absolute atomic E-state index is 0.365. The molecule has 0 amide bonds. The largest absolute Gasteiger partial charge is 0.387 e. The van der Waals surface area contributed by atoms with E-state index in [1.54, 1.807) is 25.1 Å². The van der Waals surface area contributed by atoms with Gasteiger partial charge in [-0.2, -0.15) is 0 Å². The van der Waals surface area contributed by atoms with Crippen molar-refractivity contribution in [3.05, 3.63) is 33.8 Å². The van der Waals surface area contributed by atoms with Crippen molar-refractivity contribution in [1.82, 2.24) is 0 Å². The third-order valence-corrected chi connectivity index (χ3v) is 2.35. The SMILES string of the molecule is C[C@H](N)[C@H](O)c1cc(Cl)ccc1Cl. The minimum Gasteiger partial charge on any atom is -0.387 e. The van der Waals surface area contributed by atoms with Gasteiger partial charge in [0.25, 0.3) is 0 Å². The van der Waals surface area contributed by atoms with Gasteiger partial charge >= 0.3 is 0 Å². The van der Waals surface area contributed by atoms with Gasteiger partial charge < -0.3 is 10.8 Å². The first-order valence-electron chi connectivity index (χ1n) is 3.91. The van der Waals surface area contributed by atoms with Crippen LogP contribution in [-0.4, -0.2) is 11.1 Å². The lowest BCUT2D eigenvalue weighted by Crippen LogP contribution is -2.24. The molecular formula is C9H11Cl2NO. The Balaban J connectivity index is 3.05. The van der Waals surface area contributed by atoms with Gasteiger partial charge in [-0.25, -0.2) is 0 Å². The van der Waals surface area contributed by atoms with Crippen molar-refractivity contribution < 1.29 is 5.11 Å². The second-order valence-corrected chi connectivity index (χ2v) is 3.81. The fourth-order valence-corrected chi connectivity index (χ4v) is 1.43. The third kappa shape index (κ3) is 2.58. The molecule has 0 aliphatic heterocycles. The Bertz CT molecular complexity index is 302. The van der Waals surface area contributed by atoms with Crippen molar-refractivity contribution in [2.45, 2.75) is 19.1 Å². The fourth-order valence-electron chi connectivity index (χ4n) is 1.02. The zero-order valence-corrected chi connectivity index (χ0v) is 8.68. The van der Waals surface area contributed by atoms with E-state index in [1.165, 1.54) is 0 Å². The van der Waals surface area contributed by atoms with E-state index in [-0.39, 0.29) is 6.04 Å². The van der Waals surface area contributed by atoms with Crippen LogP contribution in [0.3, 0.4) is 0 Å². The molecule has 0 saturated heterocycles. The summed E-state index contributed by atoms with van der Waals surface area (Å²) in [6.07, 6.45) is -0.772. The summed E-state index contributed by atoms with van der Waals surface area (Å²) >= 11 is 11.6. The van der Waals surface area contributed by atoms with Crippen LogP contribution >= 0.6 is 23.2 Å². The Kier molecular flexibility index (Phi) is 3.56. The van der Waals surface area contributed by atoms with Gasteiger partial charge in [-0.15, -0.1) is 0 Å². The minimum atomic E-state index is -0.772. The van der Waals surface area contributed by atoms with Crippen LogP contribution in [-0.2, 0) is 0 Å². The highest BCUT2D eigenvalue weighted by molar-refractivity contribution is 6.33. The predicted octanol–water partition coefficient (Wildman–Crippen LogP) is 2.37. The highest BCUT2D eigenvalue weighted by Crippen LogP contribution is 2.27. The van der Waals surface area contributed by atoms with E-state index in [2.05, 4.69) is 0 Å². The van der Waals surface area contributed by atoms with E-state index in [9.17, 15) is 5.11 Å². The maximum atomic E-state index is 9.63. The van der Waals surface area contributed by atoms with Gasteiger partial charge in [-0.3, -0.25) is 0 Å². The van der Waals surface area contributed by atoms with E-state index < -0.39 is 6.10 Å². The maximum Gasteiger partial charge on any atom is 0.0953 e. The molecule has 2 nitrogen and oxygen atoms in total. The monoisotopic (exact) mass is 219 g/mol. The molecule has 0 bridgehead atoms. The van der Waals surface area contributed by atoms with Crippen LogP contribution in [0, 0.1) is 0 Å². The molecular weight excluding hydrogens is 209 g/mol. The Hall–Kier alpha value is -0.280. The molecule has 13 heavy (non-hydrogen) atoms. The summed E-state index contributed by atoms with van der Waals surface area (Å²) in [5.74, 6) is 0. The summed E-state index contributed by atoms with van der Waals surface area (Å²) in [4.78, 5) is 0. The van der Waals surface area contributed by atoms with Gasteiger partial charge in [0, 0.05) is 21.7 Å². The summed E-state index contributed by atoms with van der Waals surface area (Å²) in [7, 11) is 0. The average molecular weight is 220 g/mol. The van der Waals surface area contributed by atoms with Gasteiger partial charge in [0.05, 0.1) is 6.10 Å². The average Bonchev–Trinajstić information content (AvgIpc) is 2.08. The maximum absolute atomic E-state index is 9.63. The van der Waals surface area contributed by atoms with E-state index in [1.807, 2.05) is 0 Å². The topological polar surface area (TPSA) is 46.2 Å². The molecule has 0 saturated carbocycles. The molecule has 2 atom stereocenters. The van der Waals surface area contributed by atoms with Crippen LogP contribution in [0.25, 0.3) is 0 Å². The number of halogens is 2. The van der Waals surface area contributed by atoms with Crippen LogP contribution in [0.5, 0.6) is 0 Å². The van der Waals surface area contributed by atoms with Crippen molar-refractivity contribution in [1.29, 1.82) is 0 Å². The van der Waals surface area contributed by atoms with Crippen LogP contribution in [0.1, 0.15) is 18.6 Å². The van der Waals surface area contributed by atoms with Crippen LogP contribution < -0.4 is 5.73 Å². The molecule has 0 aromatic heterocycles. The lowest BCUT2D eigenvalue weighted by Gasteiger charge is -2.16. The third-order valence-electron chi connectivity index (χ3n) is 1.77. The van der Waals surface area contributed by atoms with Crippen LogP contribution in [0.4, 0.5) is 0 Å². The molecule has 3 N–H and O–H groups in total. The molecule has 0 aliphatic carbocycles. The first-order chi connectivity index (χ1) is 6.02. The Morgan fingerprint density at radius 3 is 2.54 bits per heavy atom. The lowest BCUT2D eigenvalue weighted by atomic mass is 10.0. The number of hydrogen-bond donors (Lipinski definition) is 2. The number of nitrogens with two attached hydrogens (primary N) is 1. The van der Waals surface area contributed by atoms with Gasteiger partial charge in [-0.1, -0.05) is 23.2 Å². The quantitative estimate of drug-likeness (QED) is 0.803. The van der Waals surface area contributed by atoms with Gasteiger partial charge in [0.2, 0.25) is 0 Å². The van der Waals surface area contributed by atoms with Gasteiger partial charge in [0.15, 0.2) is 0 Å².